The van der Waals surface area contributed by atoms with E-state index in [0.717, 1.165) is 30.6 Å². The zero-order valence-corrected chi connectivity index (χ0v) is 10.0. The zero-order chi connectivity index (χ0) is 12.3. The maximum atomic E-state index is 12.0. The molecule has 0 bridgehead atoms. The lowest BCUT2D eigenvalue weighted by Gasteiger charge is -2.23. The molecule has 4 nitrogen and oxygen atoms in total. The van der Waals surface area contributed by atoms with Gasteiger partial charge in [-0.05, 0) is 37.5 Å². The molecule has 4 heteroatoms. The summed E-state index contributed by atoms with van der Waals surface area (Å²) in [7, 11) is 0. The van der Waals surface area contributed by atoms with Crippen molar-refractivity contribution in [3.63, 3.8) is 0 Å². The van der Waals surface area contributed by atoms with E-state index in [-0.39, 0.29) is 18.7 Å². The molecule has 92 valence electrons. The van der Waals surface area contributed by atoms with Crippen molar-refractivity contribution in [3.05, 3.63) is 29.8 Å². The van der Waals surface area contributed by atoms with E-state index in [9.17, 15) is 9.90 Å². The summed E-state index contributed by atoms with van der Waals surface area (Å²) in [6.45, 7) is 2.76. The molecule has 0 aliphatic carbocycles. The number of anilines is 1. The minimum atomic E-state index is -0.118. The minimum Gasteiger partial charge on any atom is -0.394 e. The van der Waals surface area contributed by atoms with Crippen LogP contribution in [0.5, 0.6) is 0 Å². The van der Waals surface area contributed by atoms with Crippen molar-refractivity contribution in [3.8, 4) is 0 Å². The summed E-state index contributed by atoms with van der Waals surface area (Å²) in [5.41, 5.74) is 1.92. The molecule has 0 spiro atoms. The van der Waals surface area contributed by atoms with Crippen LogP contribution < -0.4 is 5.32 Å². The largest absolute Gasteiger partial charge is 0.394 e. The highest BCUT2D eigenvalue weighted by Gasteiger charge is 2.27. The summed E-state index contributed by atoms with van der Waals surface area (Å²) in [4.78, 5) is 13.7. The standard InChI is InChI=1S/C13H18N2O2/c1-10-4-2-5-11(8-10)14-13(17)15-7-3-6-12(15)9-16/h2,4-5,8,12,16H,3,6-7,9H2,1H3,(H,14,17)/t12-/m1/s1. The number of carbonyl (C=O) groups excluding carboxylic acids is 1. The first-order chi connectivity index (χ1) is 8.20. The van der Waals surface area contributed by atoms with Crippen LogP contribution in [0.1, 0.15) is 18.4 Å². The van der Waals surface area contributed by atoms with Crippen LogP contribution in [0.3, 0.4) is 0 Å². The van der Waals surface area contributed by atoms with Gasteiger partial charge in [0, 0.05) is 12.2 Å². The van der Waals surface area contributed by atoms with Gasteiger partial charge in [0.25, 0.3) is 0 Å². The first-order valence-electron chi connectivity index (χ1n) is 5.96. The average Bonchev–Trinajstić information content (AvgIpc) is 2.77. The van der Waals surface area contributed by atoms with E-state index in [1.165, 1.54) is 0 Å². The topological polar surface area (TPSA) is 52.6 Å². The summed E-state index contributed by atoms with van der Waals surface area (Å²) in [6.07, 6.45) is 1.85. The first-order valence-corrected chi connectivity index (χ1v) is 5.96. The Morgan fingerprint density at radius 1 is 1.59 bits per heavy atom. The van der Waals surface area contributed by atoms with Crippen LogP contribution in [0.4, 0.5) is 10.5 Å². The monoisotopic (exact) mass is 234 g/mol. The smallest absolute Gasteiger partial charge is 0.322 e. The second kappa shape index (κ2) is 5.19. The van der Waals surface area contributed by atoms with Gasteiger partial charge in [-0.25, -0.2) is 4.79 Å². The lowest BCUT2D eigenvalue weighted by molar-refractivity contribution is 0.166. The molecule has 1 heterocycles. The number of benzene rings is 1. The Morgan fingerprint density at radius 2 is 2.41 bits per heavy atom. The normalized spacial score (nSPS) is 19.4. The first kappa shape index (κ1) is 11.9. The third-order valence-corrected chi connectivity index (χ3v) is 3.12. The average molecular weight is 234 g/mol. The van der Waals surface area contributed by atoms with Crippen molar-refractivity contribution < 1.29 is 9.90 Å². The number of aryl methyl sites for hydroxylation is 1. The number of carbonyl (C=O) groups is 1. The molecule has 0 unspecified atom stereocenters. The fraction of sp³-hybridized carbons (Fsp3) is 0.462. The van der Waals surface area contributed by atoms with Crippen LogP contribution in [-0.4, -0.2) is 35.2 Å². The molecule has 2 N–H and O–H groups in total. The van der Waals surface area contributed by atoms with E-state index in [2.05, 4.69) is 5.32 Å². The van der Waals surface area contributed by atoms with Crippen molar-refractivity contribution >= 4 is 11.7 Å². The molecule has 1 aliphatic heterocycles. The van der Waals surface area contributed by atoms with Crippen LogP contribution in [-0.2, 0) is 0 Å². The molecule has 1 aromatic carbocycles. The molecular formula is C13H18N2O2. The predicted octanol–water partition coefficient (Wildman–Crippen LogP) is 1.98. The Hall–Kier alpha value is -1.55. The van der Waals surface area contributed by atoms with Crippen molar-refractivity contribution in [2.24, 2.45) is 0 Å². The maximum Gasteiger partial charge on any atom is 0.322 e. The molecule has 2 amide bonds. The van der Waals surface area contributed by atoms with Gasteiger partial charge in [0.05, 0.1) is 12.6 Å². The molecule has 0 saturated carbocycles. The van der Waals surface area contributed by atoms with Gasteiger partial charge in [-0.3, -0.25) is 0 Å². The van der Waals surface area contributed by atoms with Crippen molar-refractivity contribution in [1.82, 2.24) is 4.90 Å². The van der Waals surface area contributed by atoms with Gasteiger partial charge in [0.1, 0.15) is 0 Å². The van der Waals surface area contributed by atoms with Crippen LogP contribution in [0.2, 0.25) is 0 Å². The number of hydrogen-bond acceptors (Lipinski definition) is 2. The Morgan fingerprint density at radius 3 is 3.12 bits per heavy atom. The van der Waals surface area contributed by atoms with Gasteiger partial charge in [-0.1, -0.05) is 12.1 Å². The molecule has 1 atom stereocenters. The second-order valence-electron chi connectivity index (χ2n) is 4.47. The van der Waals surface area contributed by atoms with E-state index in [0.29, 0.717) is 0 Å². The quantitative estimate of drug-likeness (QED) is 0.822. The fourth-order valence-corrected chi connectivity index (χ4v) is 2.21. The highest BCUT2D eigenvalue weighted by molar-refractivity contribution is 5.89. The van der Waals surface area contributed by atoms with Gasteiger partial charge in [-0.2, -0.15) is 0 Å². The van der Waals surface area contributed by atoms with Gasteiger partial charge >= 0.3 is 6.03 Å². The van der Waals surface area contributed by atoms with E-state index in [1.54, 1.807) is 4.90 Å². The minimum absolute atomic E-state index is 0.0280. The number of nitrogens with zero attached hydrogens (tertiary/aromatic N) is 1. The fourth-order valence-electron chi connectivity index (χ4n) is 2.21. The van der Waals surface area contributed by atoms with Gasteiger partial charge < -0.3 is 15.3 Å². The molecule has 0 radical (unpaired) electrons. The molecular weight excluding hydrogens is 216 g/mol. The predicted molar refractivity (Wildman–Crippen MR) is 67.0 cm³/mol. The Kier molecular flexibility index (Phi) is 3.64. The molecule has 1 aliphatic rings. The summed E-state index contributed by atoms with van der Waals surface area (Å²) >= 11 is 0. The van der Waals surface area contributed by atoms with Gasteiger partial charge in [-0.15, -0.1) is 0 Å². The van der Waals surface area contributed by atoms with E-state index in [4.69, 9.17) is 0 Å². The van der Waals surface area contributed by atoms with Gasteiger partial charge in [0.15, 0.2) is 0 Å². The molecule has 0 aromatic heterocycles. The second-order valence-corrected chi connectivity index (χ2v) is 4.47. The summed E-state index contributed by atoms with van der Waals surface area (Å²) in [5.74, 6) is 0. The molecule has 1 aromatic rings. The third kappa shape index (κ3) is 2.77. The number of nitrogens with one attached hydrogen (secondary N) is 1. The SMILES string of the molecule is Cc1cccc(NC(=O)N2CCC[C@@H]2CO)c1. The van der Waals surface area contributed by atoms with Crippen molar-refractivity contribution in [2.45, 2.75) is 25.8 Å². The number of aliphatic hydroxyl groups excluding tert-OH is 1. The van der Waals surface area contributed by atoms with Crippen LogP contribution in [0.15, 0.2) is 24.3 Å². The molecule has 2 rings (SSSR count). The van der Waals surface area contributed by atoms with Gasteiger partial charge in [0.2, 0.25) is 0 Å². The number of likely N-dealkylation sites (tertiary alicyclic amines) is 1. The molecule has 17 heavy (non-hydrogen) atoms. The molecule has 1 saturated heterocycles. The highest BCUT2D eigenvalue weighted by atomic mass is 16.3. The van der Waals surface area contributed by atoms with E-state index < -0.39 is 0 Å². The lowest BCUT2D eigenvalue weighted by Crippen LogP contribution is -2.40. The van der Waals surface area contributed by atoms with E-state index >= 15 is 0 Å². The third-order valence-electron chi connectivity index (χ3n) is 3.12. The van der Waals surface area contributed by atoms with Crippen LogP contribution in [0.25, 0.3) is 0 Å². The summed E-state index contributed by atoms with van der Waals surface area (Å²) in [5, 5.41) is 12.0. The number of hydrogen-bond donors (Lipinski definition) is 2. The number of rotatable bonds is 2. The lowest BCUT2D eigenvalue weighted by atomic mass is 10.2. The van der Waals surface area contributed by atoms with Crippen LogP contribution in [0, 0.1) is 6.92 Å². The molecule has 1 fully saturated rings. The zero-order valence-electron chi connectivity index (χ0n) is 10.0. The Labute approximate surface area is 101 Å². The number of urea groups is 1. The van der Waals surface area contributed by atoms with E-state index in [1.807, 2.05) is 31.2 Å². The number of amides is 2. The Bertz CT molecular complexity index is 406. The van der Waals surface area contributed by atoms with Crippen molar-refractivity contribution in [1.29, 1.82) is 0 Å². The van der Waals surface area contributed by atoms with Crippen molar-refractivity contribution in [2.75, 3.05) is 18.5 Å². The summed E-state index contributed by atoms with van der Waals surface area (Å²) in [6, 6.07) is 7.56. The number of aliphatic hydroxyl groups is 1. The van der Waals surface area contributed by atoms with Crippen LogP contribution >= 0.6 is 0 Å². The maximum absolute atomic E-state index is 12.0. The highest BCUT2D eigenvalue weighted by Crippen LogP contribution is 2.18. The summed E-state index contributed by atoms with van der Waals surface area (Å²) < 4.78 is 0. The Balaban J connectivity index is 2.01.